The Morgan fingerprint density at radius 3 is 2.36 bits per heavy atom. The molecule has 1 fully saturated rings. The number of alkyl halides is 2. The molecular formula is C10H9Br2ClO. The second kappa shape index (κ2) is 4.52. The van der Waals surface area contributed by atoms with Gasteiger partial charge in [0.1, 0.15) is 5.01 Å². The molecule has 76 valence electrons. The third kappa shape index (κ3) is 2.32. The summed E-state index contributed by atoms with van der Waals surface area (Å²) in [6, 6.07) is 7.81. The van der Waals surface area contributed by atoms with E-state index in [2.05, 4.69) is 31.9 Å². The number of ether oxygens (including phenoxy) is 1. The molecule has 2 rings (SSSR count). The lowest BCUT2D eigenvalue weighted by atomic mass is 10.1. The van der Waals surface area contributed by atoms with Crippen LogP contribution in [0.1, 0.15) is 18.1 Å². The Balaban J connectivity index is 2.13. The minimum absolute atomic E-state index is 0.100. The highest BCUT2D eigenvalue weighted by atomic mass is 79.9. The van der Waals surface area contributed by atoms with Gasteiger partial charge in [0.25, 0.3) is 0 Å². The number of hydrogen-bond acceptors (Lipinski definition) is 1. The Labute approximate surface area is 105 Å². The zero-order chi connectivity index (χ0) is 10.1. The molecule has 0 amide bonds. The van der Waals surface area contributed by atoms with Crippen molar-refractivity contribution in [3.63, 3.8) is 0 Å². The van der Waals surface area contributed by atoms with E-state index >= 15 is 0 Å². The van der Waals surface area contributed by atoms with Crippen molar-refractivity contribution in [3.8, 4) is 0 Å². The van der Waals surface area contributed by atoms with Crippen LogP contribution in [0.25, 0.3) is 0 Å². The smallest absolute Gasteiger partial charge is 0.125 e. The zero-order valence-electron chi connectivity index (χ0n) is 7.29. The highest BCUT2D eigenvalue weighted by Crippen LogP contribution is 2.39. The van der Waals surface area contributed by atoms with Crippen molar-refractivity contribution in [3.05, 3.63) is 34.9 Å². The van der Waals surface area contributed by atoms with Gasteiger partial charge in [0, 0.05) is 5.02 Å². The summed E-state index contributed by atoms with van der Waals surface area (Å²) in [7, 11) is 0. The van der Waals surface area contributed by atoms with Gasteiger partial charge in [-0.25, -0.2) is 0 Å². The van der Waals surface area contributed by atoms with Crippen molar-refractivity contribution in [1.82, 2.24) is 0 Å². The quantitative estimate of drug-likeness (QED) is 0.693. The summed E-state index contributed by atoms with van der Waals surface area (Å²) < 4.78 is 5.73. The first-order valence-corrected chi connectivity index (χ1v) is 6.57. The topological polar surface area (TPSA) is 9.23 Å². The van der Waals surface area contributed by atoms with Crippen LogP contribution in [0.3, 0.4) is 0 Å². The van der Waals surface area contributed by atoms with Crippen LogP contribution in [0.5, 0.6) is 0 Å². The second-order valence-electron chi connectivity index (χ2n) is 3.28. The second-order valence-corrected chi connectivity index (χ2v) is 5.79. The fourth-order valence-electron chi connectivity index (χ4n) is 1.50. The van der Waals surface area contributed by atoms with Crippen molar-refractivity contribution in [1.29, 1.82) is 0 Å². The van der Waals surface area contributed by atoms with Crippen LogP contribution >= 0.6 is 43.5 Å². The van der Waals surface area contributed by atoms with Gasteiger partial charge in [-0.1, -0.05) is 55.6 Å². The summed E-state index contributed by atoms with van der Waals surface area (Å²) in [5.41, 5.74) is 1.18. The summed E-state index contributed by atoms with van der Waals surface area (Å²) in [6.45, 7) is 0. The van der Waals surface area contributed by atoms with Gasteiger partial charge in [0.05, 0.1) is 10.9 Å². The molecule has 1 aliphatic heterocycles. The van der Waals surface area contributed by atoms with Gasteiger partial charge in [-0.3, -0.25) is 0 Å². The molecule has 3 atom stereocenters. The molecule has 0 aliphatic carbocycles. The first kappa shape index (κ1) is 10.9. The van der Waals surface area contributed by atoms with E-state index in [4.69, 9.17) is 16.3 Å². The fraction of sp³-hybridized carbons (Fsp3) is 0.400. The lowest BCUT2D eigenvalue weighted by Gasteiger charge is -2.09. The maximum atomic E-state index is 5.82. The first-order chi connectivity index (χ1) is 6.66. The van der Waals surface area contributed by atoms with Crippen molar-refractivity contribution < 1.29 is 4.74 Å². The minimum Gasteiger partial charge on any atom is -0.358 e. The number of hydrogen-bond donors (Lipinski definition) is 0. The van der Waals surface area contributed by atoms with Gasteiger partial charge in [-0.2, -0.15) is 0 Å². The summed E-state index contributed by atoms with van der Waals surface area (Å²) >= 11 is 12.8. The summed E-state index contributed by atoms with van der Waals surface area (Å²) in [5, 5.41) is 0.862. The van der Waals surface area contributed by atoms with E-state index in [-0.39, 0.29) is 11.1 Å². The molecule has 1 aliphatic rings. The average Bonchev–Trinajstić information content (AvgIpc) is 2.48. The molecule has 1 saturated heterocycles. The summed E-state index contributed by atoms with van der Waals surface area (Å²) in [6.07, 6.45) is 1.15. The number of rotatable bonds is 1. The van der Waals surface area contributed by atoms with Crippen LogP contribution in [0.15, 0.2) is 24.3 Å². The van der Waals surface area contributed by atoms with Gasteiger partial charge in [-0.15, -0.1) is 0 Å². The van der Waals surface area contributed by atoms with Crippen LogP contribution in [0.2, 0.25) is 5.02 Å². The third-order valence-electron chi connectivity index (χ3n) is 2.26. The third-order valence-corrected chi connectivity index (χ3v) is 4.93. The average molecular weight is 340 g/mol. The van der Waals surface area contributed by atoms with E-state index in [1.807, 2.05) is 24.3 Å². The molecule has 1 heterocycles. The number of benzene rings is 1. The predicted molar refractivity (Wildman–Crippen MR) is 65.3 cm³/mol. The highest BCUT2D eigenvalue weighted by Gasteiger charge is 2.32. The molecule has 0 unspecified atom stereocenters. The molecule has 4 heteroatoms. The van der Waals surface area contributed by atoms with Gasteiger partial charge >= 0.3 is 0 Å². The Morgan fingerprint density at radius 2 is 1.86 bits per heavy atom. The fourth-order valence-corrected chi connectivity index (χ4v) is 2.57. The molecule has 14 heavy (non-hydrogen) atoms. The molecular weight excluding hydrogens is 331 g/mol. The van der Waals surface area contributed by atoms with Crippen LogP contribution in [-0.4, -0.2) is 9.84 Å². The van der Waals surface area contributed by atoms with Gasteiger partial charge in [0.2, 0.25) is 0 Å². The maximum Gasteiger partial charge on any atom is 0.125 e. The van der Waals surface area contributed by atoms with E-state index in [0.29, 0.717) is 4.83 Å². The van der Waals surface area contributed by atoms with Gasteiger partial charge in [0.15, 0.2) is 0 Å². The van der Waals surface area contributed by atoms with Crippen LogP contribution < -0.4 is 0 Å². The Kier molecular flexibility index (Phi) is 3.53. The highest BCUT2D eigenvalue weighted by molar-refractivity contribution is 9.12. The standard InChI is InChI=1S/C10H9Br2ClO/c11-8-5-9(14-10(8)12)6-1-3-7(13)4-2-6/h1-4,8-10H,5H2/t8-,9+,10-/m0/s1. The summed E-state index contributed by atoms with van der Waals surface area (Å²) in [5.74, 6) is 0. The minimum atomic E-state index is 0.100. The molecule has 1 nitrogen and oxygen atoms in total. The normalized spacial score (nSPS) is 32.1. The molecule has 0 spiro atoms. The van der Waals surface area contributed by atoms with E-state index in [1.54, 1.807) is 0 Å². The van der Waals surface area contributed by atoms with Gasteiger partial charge < -0.3 is 4.74 Å². The Hall–Kier alpha value is 0.430. The Morgan fingerprint density at radius 1 is 1.21 bits per heavy atom. The van der Waals surface area contributed by atoms with E-state index in [9.17, 15) is 0 Å². The monoisotopic (exact) mass is 338 g/mol. The molecule has 1 aromatic carbocycles. The van der Waals surface area contributed by atoms with Crippen LogP contribution in [0.4, 0.5) is 0 Å². The molecule has 0 aromatic heterocycles. The SMILES string of the molecule is Clc1ccc([C@H]2C[C@H](Br)[C@@H](Br)O2)cc1. The maximum absolute atomic E-state index is 5.82. The number of halogens is 3. The van der Waals surface area contributed by atoms with Gasteiger partial charge in [-0.05, 0) is 24.1 Å². The van der Waals surface area contributed by atoms with E-state index < -0.39 is 0 Å². The van der Waals surface area contributed by atoms with E-state index in [1.165, 1.54) is 5.56 Å². The van der Waals surface area contributed by atoms with Crippen molar-refractivity contribution in [2.24, 2.45) is 0 Å². The molecule has 1 aromatic rings. The molecule has 0 radical (unpaired) electrons. The molecule has 0 saturated carbocycles. The van der Waals surface area contributed by atoms with Crippen LogP contribution in [0, 0.1) is 0 Å². The summed E-state index contributed by atoms with van der Waals surface area (Å²) in [4.78, 5) is 0.378. The van der Waals surface area contributed by atoms with E-state index in [0.717, 1.165) is 11.4 Å². The predicted octanol–water partition coefficient (Wildman–Crippen LogP) is 4.29. The van der Waals surface area contributed by atoms with Crippen molar-refractivity contribution in [2.45, 2.75) is 22.4 Å². The van der Waals surface area contributed by atoms with Crippen molar-refractivity contribution in [2.75, 3.05) is 0 Å². The first-order valence-electron chi connectivity index (χ1n) is 4.36. The van der Waals surface area contributed by atoms with Crippen LogP contribution in [-0.2, 0) is 4.74 Å². The lowest BCUT2D eigenvalue weighted by Crippen LogP contribution is -2.04. The zero-order valence-corrected chi connectivity index (χ0v) is 11.2. The molecule has 0 N–H and O–H groups in total. The largest absolute Gasteiger partial charge is 0.358 e. The van der Waals surface area contributed by atoms with Crippen molar-refractivity contribution >= 4 is 43.5 Å². The molecule has 0 bridgehead atoms. The lowest BCUT2D eigenvalue weighted by molar-refractivity contribution is 0.0970. The Bertz CT molecular complexity index is 304.